The van der Waals surface area contributed by atoms with Gasteiger partial charge in [0.15, 0.2) is 0 Å². The Morgan fingerprint density at radius 1 is 1.02 bits per heavy atom. The highest BCUT2D eigenvalue weighted by molar-refractivity contribution is 6.05. The minimum atomic E-state index is -1.22. The third-order valence-corrected chi connectivity index (χ3v) is 10.3. The van der Waals surface area contributed by atoms with Crippen molar-refractivity contribution in [3.05, 3.63) is 48.5 Å². The lowest BCUT2D eigenvalue weighted by molar-refractivity contribution is -0.148. The van der Waals surface area contributed by atoms with E-state index >= 15 is 0 Å². The van der Waals surface area contributed by atoms with Crippen molar-refractivity contribution in [1.82, 2.24) is 4.90 Å². The minimum absolute atomic E-state index is 0.103. The Hall–Kier alpha value is -3.63. The van der Waals surface area contributed by atoms with E-state index in [9.17, 15) is 19.5 Å². The average Bonchev–Trinajstić information content (AvgIpc) is 3.54. The molecule has 3 heterocycles. The first kappa shape index (κ1) is 33.7. The lowest BCUT2D eigenvalue weighted by Gasteiger charge is -2.37. The normalized spacial score (nSPS) is 28.7. The van der Waals surface area contributed by atoms with E-state index in [1.165, 1.54) is 0 Å². The molecule has 1 spiro atoms. The molecule has 0 radical (unpaired) electrons. The van der Waals surface area contributed by atoms with E-state index in [-0.39, 0.29) is 36.2 Å². The molecule has 3 saturated heterocycles. The number of ether oxygens (including phenoxy) is 2. The summed E-state index contributed by atoms with van der Waals surface area (Å²) >= 11 is 0. The molecule has 3 amide bonds. The highest BCUT2D eigenvalue weighted by Gasteiger charge is 2.80. The average molecular weight is 635 g/mol. The maximum absolute atomic E-state index is 14.6. The van der Waals surface area contributed by atoms with Gasteiger partial charge >= 0.3 is 0 Å². The Morgan fingerprint density at radius 2 is 1.61 bits per heavy atom. The number of nitrogens with one attached hydrogen (secondary N) is 2. The van der Waals surface area contributed by atoms with E-state index < -0.39 is 35.1 Å². The van der Waals surface area contributed by atoms with E-state index in [2.05, 4.69) is 29.4 Å². The van der Waals surface area contributed by atoms with Crippen LogP contribution in [0.4, 0.5) is 17.1 Å². The zero-order valence-corrected chi connectivity index (χ0v) is 28.2. The smallest absolute Gasteiger partial charge is 0.250 e. The Bertz CT molecular complexity index is 1410. The fourth-order valence-corrected chi connectivity index (χ4v) is 8.17. The molecule has 3 unspecified atom stereocenters. The standard InChI is InChI=1S/C36H50N4O6/c1-8-39(9-2)26-15-11-24(12-16-26)38-33(43)31-36-20-23(6)35(7,46-36)29(30(36)34(44)40(31)27(21-41)19-22(4)5)32(42)37-25-13-17-28(18-14-25)45-10-3/h11-18,22-23,27,29-31,41H,8-10,19-21H2,1-7H3,(H,37,42)(H,38,43)/t23?,27-,29+,30+,31?,35-,36?/m1/s1. The summed E-state index contributed by atoms with van der Waals surface area (Å²) in [5.41, 5.74) is 0.0613. The van der Waals surface area contributed by atoms with Gasteiger partial charge in [0.1, 0.15) is 17.4 Å². The number of hydrogen-bond acceptors (Lipinski definition) is 7. The number of carbonyl (C=O) groups is 3. The number of anilines is 3. The van der Waals surface area contributed by atoms with Crippen LogP contribution >= 0.6 is 0 Å². The van der Waals surface area contributed by atoms with Crippen molar-refractivity contribution in [1.29, 1.82) is 0 Å². The second-order valence-corrected chi connectivity index (χ2v) is 13.6. The van der Waals surface area contributed by atoms with Crippen LogP contribution in [0.3, 0.4) is 0 Å². The molecule has 2 bridgehead atoms. The fourth-order valence-electron chi connectivity index (χ4n) is 8.17. The van der Waals surface area contributed by atoms with Crippen LogP contribution in [0.2, 0.25) is 0 Å². The highest BCUT2D eigenvalue weighted by atomic mass is 16.5. The first-order valence-electron chi connectivity index (χ1n) is 16.8. The number of aliphatic hydroxyl groups excluding tert-OH is 1. The van der Waals surface area contributed by atoms with E-state index in [4.69, 9.17) is 9.47 Å². The van der Waals surface area contributed by atoms with Gasteiger partial charge in [-0.1, -0.05) is 20.8 Å². The quantitative estimate of drug-likeness (QED) is 0.286. The van der Waals surface area contributed by atoms with Crippen LogP contribution in [-0.4, -0.2) is 77.3 Å². The summed E-state index contributed by atoms with van der Waals surface area (Å²) in [6.07, 6.45) is 0.950. The summed E-state index contributed by atoms with van der Waals surface area (Å²) in [6.45, 7) is 16.0. The van der Waals surface area contributed by atoms with Gasteiger partial charge in [-0.25, -0.2) is 0 Å². The number of rotatable bonds is 13. The maximum atomic E-state index is 14.6. The summed E-state index contributed by atoms with van der Waals surface area (Å²) in [4.78, 5) is 46.9. The number of nitrogens with zero attached hydrogens (tertiary/aromatic N) is 2. The molecule has 7 atom stereocenters. The van der Waals surface area contributed by atoms with Gasteiger partial charge in [-0.05, 0) is 101 Å². The largest absolute Gasteiger partial charge is 0.494 e. The molecular formula is C36H50N4O6. The molecule has 46 heavy (non-hydrogen) atoms. The van der Waals surface area contributed by atoms with Crippen molar-refractivity contribution in [3.63, 3.8) is 0 Å². The van der Waals surface area contributed by atoms with Gasteiger partial charge in [0.25, 0.3) is 0 Å². The number of fused-ring (bicyclic) bond motifs is 1. The molecule has 10 heteroatoms. The molecule has 10 nitrogen and oxygen atoms in total. The van der Waals surface area contributed by atoms with Crippen molar-refractivity contribution in [2.24, 2.45) is 23.7 Å². The summed E-state index contributed by atoms with van der Waals surface area (Å²) in [5.74, 6) is -1.98. The molecule has 2 aromatic carbocycles. The molecule has 0 saturated carbocycles. The monoisotopic (exact) mass is 634 g/mol. The zero-order valence-electron chi connectivity index (χ0n) is 28.2. The number of aliphatic hydroxyl groups is 1. The van der Waals surface area contributed by atoms with Crippen LogP contribution in [0, 0.1) is 23.7 Å². The first-order valence-corrected chi connectivity index (χ1v) is 16.8. The zero-order chi connectivity index (χ0) is 33.4. The van der Waals surface area contributed by atoms with Crippen molar-refractivity contribution in [2.45, 2.75) is 84.6 Å². The van der Waals surface area contributed by atoms with Crippen molar-refractivity contribution in [3.8, 4) is 5.75 Å². The summed E-state index contributed by atoms with van der Waals surface area (Å²) < 4.78 is 12.4. The molecule has 5 rings (SSSR count). The second kappa shape index (κ2) is 13.2. The highest BCUT2D eigenvalue weighted by Crippen LogP contribution is 2.65. The lowest BCUT2D eigenvalue weighted by Crippen LogP contribution is -2.56. The van der Waals surface area contributed by atoms with Crippen LogP contribution in [-0.2, 0) is 19.1 Å². The summed E-state index contributed by atoms with van der Waals surface area (Å²) in [6, 6.07) is 13.2. The third kappa shape index (κ3) is 5.74. The van der Waals surface area contributed by atoms with Crippen LogP contribution < -0.4 is 20.3 Å². The number of carbonyl (C=O) groups excluding carboxylic acids is 3. The van der Waals surface area contributed by atoms with Crippen LogP contribution in [0.5, 0.6) is 5.75 Å². The van der Waals surface area contributed by atoms with E-state index in [0.717, 1.165) is 18.8 Å². The molecule has 3 aliphatic heterocycles. The number of hydrogen-bond donors (Lipinski definition) is 3. The first-order chi connectivity index (χ1) is 21.9. The molecule has 3 N–H and O–H groups in total. The van der Waals surface area contributed by atoms with Crippen molar-refractivity contribution in [2.75, 3.05) is 41.8 Å². The molecule has 0 aliphatic carbocycles. The topological polar surface area (TPSA) is 120 Å². The Balaban J connectivity index is 1.50. The molecule has 3 aliphatic rings. The maximum Gasteiger partial charge on any atom is 0.250 e. The Morgan fingerprint density at radius 3 is 2.15 bits per heavy atom. The van der Waals surface area contributed by atoms with Crippen LogP contribution in [0.1, 0.15) is 61.3 Å². The molecule has 250 valence electrons. The van der Waals surface area contributed by atoms with Crippen LogP contribution in [0.15, 0.2) is 48.5 Å². The van der Waals surface area contributed by atoms with Gasteiger partial charge in [-0.15, -0.1) is 0 Å². The third-order valence-electron chi connectivity index (χ3n) is 10.3. The predicted molar refractivity (Wildman–Crippen MR) is 179 cm³/mol. The molecular weight excluding hydrogens is 584 g/mol. The number of likely N-dealkylation sites (tertiary alicyclic amines) is 1. The van der Waals surface area contributed by atoms with Crippen LogP contribution in [0.25, 0.3) is 0 Å². The van der Waals surface area contributed by atoms with Gasteiger partial charge in [0.2, 0.25) is 17.7 Å². The lowest BCUT2D eigenvalue weighted by atomic mass is 9.62. The molecule has 0 aromatic heterocycles. The Kier molecular flexibility index (Phi) is 9.70. The van der Waals surface area contributed by atoms with Gasteiger partial charge < -0.3 is 35.0 Å². The summed E-state index contributed by atoms with van der Waals surface area (Å²) in [5, 5.41) is 16.6. The number of amides is 3. The minimum Gasteiger partial charge on any atom is -0.494 e. The fraction of sp³-hybridized carbons (Fsp3) is 0.583. The Labute approximate surface area is 272 Å². The van der Waals surface area contributed by atoms with Crippen molar-refractivity contribution >= 4 is 34.8 Å². The number of benzene rings is 2. The SMILES string of the molecule is CCOc1ccc(NC(=O)[C@@H]2[C@H]3C(=O)N([C@@H](CO)CC(C)C)C(C(=O)Nc4ccc(N(CC)CC)cc4)C34CC(C)[C@@]2(C)O4)cc1. The van der Waals surface area contributed by atoms with Gasteiger partial charge in [-0.3, -0.25) is 14.4 Å². The van der Waals surface area contributed by atoms with E-state index in [1.807, 2.05) is 58.9 Å². The van der Waals surface area contributed by atoms with Gasteiger partial charge in [0.05, 0.1) is 36.7 Å². The second-order valence-electron chi connectivity index (χ2n) is 13.6. The summed E-state index contributed by atoms with van der Waals surface area (Å²) in [7, 11) is 0. The predicted octanol–water partition coefficient (Wildman–Crippen LogP) is 4.93. The van der Waals surface area contributed by atoms with Gasteiger partial charge in [0, 0.05) is 30.2 Å². The molecule has 2 aromatic rings. The van der Waals surface area contributed by atoms with Gasteiger partial charge in [-0.2, -0.15) is 0 Å². The molecule has 3 fully saturated rings. The van der Waals surface area contributed by atoms with Crippen molar-refractivity contribution < 1.29 is 29.0 Å². The van der Waals surface area contributed by atoms with E-state index in [0.29, 0.717) is 36.6 Å². The van der Waals surface area contributed by atoms with E-state index in [1.54, 1.807) is 29.2 Å².